The van der Waals surface area contributed by atoms with Gasteiger partial charge in [-0.2, -0.15) is 18.3 Å². The molecule has 0 radical (unpaired) electrons. The molecule has 3 fully saturated rings. The largest absolute Gasteiger partial charge is 0.417 e. The molecule has 41 heavy (non-hydrogen) atoms. The lowest BCUT2D eigenvalue weighted by atomic mass is 9.92. The van der Waals surface area contributed by atoms with E-state index in [9.17, 15) is 27.6 Å². The first kappa shape index (κ1) is 29.1. The highest BCUT2D eigenvalue weighted by atomic mass is 19.4. The normalized spacial score (nSPS) is 19.4. The standard InChI is InChI=1S/C30H38F3N5O3/c31-30(32,33)23-16-7-6-15-22(23)26-17-25(37-38(26)21-13-4-5-14-21)29(41)36-24(28(40)35-20-11-8-12-20)18-27(39)34-19-9-2-1-3-10-19/h6-7,15-17,19-21,24H,1-5,8-14,18H2,(H,34,39)(H,35,40)(H,36,41)/t24-/m1/s1. The van der Waals surface area contributed by atoms with Gasteiger partial charge in [0.1, 0.15) is 6.04 Å². The summed E-state index contributed by atoms with van der Waals surface area (Å²) in [6.07, 6.45) is 6.20. The fraction of sp³-hybridized carbons (Fsp3) is 0.600. The van der Waals surface area contributed by atoms with Gasteiger partial charge in [-0.05, 0) is 57.1 Å². The van der Waals surface area contributed by atoms with Crippen LogP contribution < -0.4 is 16.0 Å². The minimum Gasteiger partial charge on any atom is -0.353 e. The van der Waals surface area contributed by atoms with E-state index in [2.05, 4.69) is 21.0 Å². The molecule has 3 amide bonds. The van der Waals surface area contributed by atoms with Crippen LogP contribution in [0.1, 0.15) is 106 Å². The highest BCUT2D eigenvalue weighted by molar-refractivity contribution is 5.98. The maximum absolute atomic E-state index is 13.9. The summed E-state index contributed by atoms with van der Waals surface area (Å²) < 4.78 is 43.3. The molecule has 222 valence electrons. The summed E-state index contributed by atoms with van der Waals surface area (Å²) in [5, 5.41) is 13.0. The van der Waals surface area contributed by atoms with Crippen molar-refractivity contribution in [1.29, 1.82) is 0 Å². The van der Waals surface area contributed by atoms with Crippen molar-refractivity contribution in [1.82, 2.24) is 25.7 Å². The second-order valence-corrected chi connectivity index (χ2v) is 11.6. The van der Waals surface area contributed by atoms with E-state index >= 15 is 0 Å². The summed E-state index contributed by atoms with van der Waals surface area (Å²) in [5.41, 5.74) is -0.730. The summed E-state index contributed by atoms with van der Waals surface area (Å²) in [4.78, 5) is 39.5. The van der Waals surface area contributed by atoms with Gasteiger partial charge in [-0.1, -0.05) is 50.3 Å². The van der Waals surface area contributed by atoms with Crippen LogP contribution in [0.4, 0.5) is 13.2 Å². The third kappa shape index (κ3) is 7.11. The fourth-order valence-corrected chi connectivity index (χ4v) is 6.10. The minimum atomic E-state index is -4.58. The number of aromatic nitrogens is 2. The quantitative estimate of drug-likeness (QED) is 0.379. The fourth-order valence-electron chi connectivity index (χ4n) is 6.10. The second-order valence-electron chi connectivity index (χ2n) is 11.6. The van der Waals surface area contributed by atoms with Crippen LogP contribution in [0, 0.1) is 0 Å². The Hall–Kier alpha value is -3.37. The van der Waals surface area contributed by atoms with Gasteiger partial charge in [0, 0.05) is 17.6 Å². The van der Waals surface area contributed by atoms with E-state index in [1.165, 1.54) is 28.9 Å². The molecular formula is C30H38F3N5O3. The highest BCUT2D eigenvalue weighted by Gasteiger charge is 2.36. The van der Waals surface area contributed by atoms with Gasteiger partial charge in [0.15, 0.2) is 5.69 Å². The summed E-state index contributed by atoms with van der Waals surface area (Å²) >= 11 is 0. The molecule has 3 aliphatic carbocycles. The van der Waals surface area contributed by atoms with E-state index in [4.69, 9.17) is 0 Å². The Labute approximate surface area is 237 Å². The molecule has 3 aliphatic rings. The van der Waals surface area contributed by atoms with Crippen molar-refractivity contribution >= 4 is 17.7 Å². The van der Waals surface area contributed by atoms with Crippen LogP contribution in [0.3, 0.4) is 0 Å². The molecule has 3 saturated carbocycles. The molecule has 3 N–H and O–H groups in total. The molecule has 5 rings (SSSR count). The lowest BCUT2D eigenvalue weighted by Crippen LogP contribution is -2.53. The summed E-state index contributed by atoms with van der Waals surface area (Å²) in [6, 6.07) is 5.44. The van der Waals surface area contributed by atoms with Crippen LogP contribution in [-0.2, 0) is 15.8 Å². The third-order valence-corrected chi connectivity index (χ3v) is 8.58. The lowest BCUT2D eigenvalue weighted by Gasteiger charge is -2.29. The zero-order chi connectivity index (χ0) is 29.0. The molecule has 1 atom stereocenters. The first-order valence-electron chi connectivity index (χ1n) is 14.9. The van der Waals surface area contributed by atoms with Crippen molar-refractivity contribution in [3.63, 3.8) is 0 Å². The van der Waals surface area contributed by atoms with Crippen molar-refractivity contribution in [2.24, 2.45) is 0 Å². The van der Waals surface area contributed by atoms with E-state index in [0.717, 1.165) is 83.1 Å². The Bertz CT molecular complexity index is 1240. The Morgan fingerprint density at radius 1 is 0.878 bits per heavy atom. The predicted octanol–water partition coefficient (Wildman–Crippen LogP) is 5.29. The minimum absolute atomic E-state index is 0.00959. The molecule has 8 nitrogen and oxygen atoms in total. The van der Waals surface area contributed by atoms with E-state index in [1.54, 1.807) is 0 Å². The predicted molar refractivity (Wildman–Crippen MR) is 147 cm³/mol. The van der Waals surface area contributed by atoms with Crippen LogP contribution in [0.25, 0.3) is 11.3 Å². The van der Waals surface area contributed by atoms with Crippen LogP contribution in [0.5, 0.6) is 0 Å². The van der Waals surface area contributed by atoms with E-state index in [0.29, 0.717) is 0 Å². The Morgan fingerprint density at radius 3 is 2.17 bits per heavy atom. The number of nitrogens with zero attached hydrogens (tertiary/aromatic N) is 2. The van der Waals surface area contributed by atoms with Gasteiger partial charge in [-0.25, -0.2) is 0 Å². The van der Waals surface area contributed by atoms with Crippen LogP contribution in [-0.4, -0.2) is 45.6 Å². The number of nitrogens with one attached hydrogen (secondary N) is 3. The van der Waals surface area contributed by atoms with Crippen molar-refractivity contribution in [3.8, 4) is 11.3 Å². The summed E-state index contributed by atoms with van der Waals surface area (Å²) in [6.45, 7) is 0. The van der Waals surface area contributed by atoms with Gasteiger partial charge in [0.2, 0.25) is 11.8 Å². The molecule has 11 heteroatoms. The van der Waals surface area contributed by atoms with E-state index in [-0.39, 0.29) is 47.4 Å². The average Bonchev–Trinajstić information content (AvgIpc) is 3.61. The Kier molecular flexibility index (Phi) is 8.99. The number of carbonyl (C=O) groups is 3. The van der Waals surface area contributed by atoms with Gasteiger partial charge in [-0.15, -0.1) is 0 Å². The monoisotopic (exact) mass is 573 g/mol. The first-order valence-corrected chi connectivity index (χ1v) is 14.9. The molecule has 1 heterocycles. The first-order chi connectivity index (χ1) is 19.7. The molecule has 0 spiro atoms. The number of amides is 3. The molecule has 0 unspecified atom stereocenters. The molecule has 0 bridgehead atoms. The maximum atomic E-state index is 13.9. The number of hydrogen-bond acceptors (Lipinski definition) is 4. The highest BCUT2D eigenvalue weighted by Crippen LogP contribution is 2.40. The van der Waals surface area contributed by atoms with Gasteiger partial charge in [0.25, 0.3) is 5.91 Å². The van der Waals surface area contributed by atoms with Gasteiger partial charge in [0.05, 0.1) is 23.7 Å². The number of halogens is 3. The summed E-state index contributed by atoms with van der Waals surface area (Å²) in [7, 11) is 0. The van der Waals surface area contributed by atoms with Crippen molar-refractivity contribution < 1.29 is 27.6 Å². The Morgan fingerprint density at radius 2 is 1.51 bits per heavy atom. The summed E-state index contributed by atoms with van der Waals surface area (Å²) in [5.74, 6) is -1.46. The molecule has 2 aromatic rings. The lowest BCUT2D eigenvalue weighted by molar-refractivity contribution is -0.137. The number of alkyl halides is 3. The van der Waals surface area contributed by atoms with Crippen molar-refractivity contribution in [3.05, 3.63) is 41.6 Å². The number of carbonyl (C=O) groups excluding carboxylic acids is 3. The van der Waals surface area contributed by atoms with Gasteiger partial charge in [-0.3, -0.25) is 19.1 Å². The number of rotatable bonds is 9. The molecule has 1 aromatic carbocycles. The Balaban J connectivity index is 1.39. The third-order valence-electron chi connectivity index (χ3n) is 8.58. The van der Waals surface area contributed by atoms with Crippen molar-refractivity contribution in [2.75, 3.05) is 0 Å². The van der Waals surface area contributed by atoms with Crippen LogP contribution in [0.15, 0.2) is 30.3 Å². The van der Waals surface area contributed by atoms with Gasteiger partial charge < -0.3 is 16.0 Å². The average molecular weight is 574 g/mol. The maximum Gasteiger partial charge on any atom is 0.417 e. The van der Waals surface area contributed by atoms with E-state index < -0.39 is 29.6 Å². The van der Waals surface area contributed by atoms with Gasteiger partial charge >= 0.3 is 6.18 Å². The zero-order valence-electron chi connectivity index (χ0n) is 23.1. The molecule has 0 saturated heterocycles. The molecule has 0 aliphatic heterocycles. The van der Waals surface area contributed by atoms with Crippen LogP contribution in [0.2, 0.25) is 0 Å². The zero-order valence-corrected chi connectivity index (χ0v) is 23.1. The SMILES string of the molecule is O=C(C[C@@H](NC(=O)c1cc(-c2ccccc2C(F)(F)F)n(C2CCCC2)n1)C(=O)NC1CCC1)NC1CCCCC1. The molecule has 1 aromatic heterocycles. The topological polar surface area (TPSA) is 105 Å². The smallest absolute Gasteiger partial charge is 0.353 e. The molecular weight excluding hydrogens is 535 g/mol. The van der Waals surface area contributed by atoms with E-state index in [1.807, 2.05) is 0 Å². The van der Waals surface area contributed by atoms with Crippen LogP contribution >= 0.6 is 0 Å². The second kappa shape index (κ2) is 12.7. The number of hydrogen-bond donors (Lipinski definition) is 3. The number of benzene rings is 1. The van der Waals surface area contributed by atoms with Crippen molar-refractivity contribution in [2.45, 2.75) is 114 Å².